The van der Waals surface area contributed by atoms with Gasteiger partial charge >= 0.3 is 0 Å². The highest BCUT2D eigenvalue weighted by atomic mass is 16.5. The molecule has 3 aromatic rings. The maximum absolute atomic E-state index is 14.1. The topological polar surface area (TPSA) is 59.1 Å². The van der Waals surface area contributed by atoms with E-state index in [0.717, 1.165) is 16.9 Å². The van der Waals surface area contributed by atoms with E-state index in [1.165, 1.54) is 0 Å². The minimum absolute atomic E-state index is 0.104. The maximum atomic E-state index is 14.1. The minimum atomic E-state index is -0.586. The first-order valence-corrected chi connectivity index (χ1v) is 11.0. The van der Waals surface area contributed by atoms with Crippen LogP contribution in [-0.4, -0.2) is 44.5 Å². The van der Waals surface area contributed by atoms with Gasteiger partial charge in [-0.1, -0.05) is 42.5 Å². The molecule has 3 aromatic carbocycles. The lowest BCUT2D eigenvalue weighted by molar-refractivity contribution is -0.121. The molecule has 4 rings (SSSR count). The zero-order valence-corrected chi connectivity index (χ0v) is 19.3. The molecule has 2 atom stereocenters. The van der Waals surface area contributed by atoms with Gasteiger partial charge in [0.15, 0.2) is 0 Å². The van der Waals surface area contributed by atoms with E-state index in [1.807, 2.05) is 73.7 Å². The van der Waals surface area contributed by atoms with E-state index >= 15 is 0 Å². The molecule has 1 heterocycles. The van der Waals surface area contributed by atoms with Crippen molar-refractivity contribution in [1.29, 1.82) is 0 Å². The smallest absolute Gasteiger partial charge is 0.254 e. The summed E-state index contributed by atoms with van der Waals surface area (Å²) in [4.78, 5) is 30.6. The molecule has 0 bridgehead atoms. The predicted molar refractivity (Wildman–Crippen MR) is 128 cm³/mol. The molecule has 0 aliphatic carbocycles. The Labute approximate surface area is 194 Å². The summed E-state index contributed by atoms with van der Waals surface area (Å²) < 4.78 is 11.1. The Morgan fingerprint density at radius 3 is 2.36 bits per heavy atom. The Balaban J connectivity index is 1.83. The van der Waals surface area contributed by atoms with Crippen LogP contribution in [0.25, 0.3) is 0 Å². The SMILES string of the molecule is CCOc1ccccc1N(C)C(=O)[C@H]1c2ccccc2C(=O)N(C)[C@@H]1c1ccc(OC)cc1. The van der Waals surface area contributed by atoms with Gasteiger partial charge in [0.05, 0.1) is 31.4 Å². The number of para-hydroxylation sites is 2. The summed E-state index contributed by atoms with van der Waals surface area (Å²) in [7, 11) is 5.12. The van der Waals surface area contributed by atoms with Crippen LogP contribution in [0.4, 0.5) is 5.69 Å². The lowest BCUT2D eigenvalue weighted by Gasteiger charge is -2.41. The van der Waals surface area contributed by atoms with E-state index in [-0.39, 0.29) is 11.8 Å². The molecule has 0 radical (unpaired) electrons. The van der Waals surface area contributed by atoms with Crippen molar-refractivity contribution in [1.82, 2.24) is 4.90 Å². The van der Waals surface area contributed by atoms with Crippen LogP contribution in [-0.2, 0) is 4.79 Å². The first kappa shape index (κ1) is 22.4. The van der Waals surface area contributed by atoms with Gasteiger partial charge in [0.1, 0.15) is 11.5 Å². The van der Waals surface area contributed by atoms with Crippen molar-refractivity contribution in [2.45, 2.75) is 18.9 Å². The number of likely N-dealkylation sites (N-methyl/N-ethyl adjacent to an activating group) is 2. The van der Waals surface area contributed by atoms with E-state index < -0.39 is 12.0 Å². The molecule has 0 N–H and O–H groups in total. The number of hydrogen-bond acceptors (Lipinski definition) is 4. The summed E-state index contributed by atoms with van der Waals surface area (Å²) in [5, 5.41) is 0. The number of amides is 2. The van der Waals surface area contributed by atoms with E-state index in [9.17, 15) is 9.59 Å². The van der Waals surface area contributed by atoms with E-state index in [2.05, 4.69) is 0 Å². The number of fused-ring (bicyclic) bond motifs is 1. The second kappa shape index (κ2) is 9.36. The summed E-state index contributed by atoms with van der Waals surface area (Å²) in [5.41, 5.74) is 2.84. The fraction of sp³-hybridized carbons (Fsp3) is 0.259. The number of carbonyl (C=O) groups is 2. The van der Waals surface area contributed by atoms with Crippen molar-refractivity contribution in [2.24, 2.45) is 0 Å². The lowest BCUT2D eigenvalue weighted by Crippen LogP contribution is -2.46. The third kappa shape index (κ3) is 4.04. The van der Waals surface area contributed by atoms with Gasteiger partial charge in [-0.25, -0.2) is 0 Å². The summed E-state index contributed by atoms with van der Waals surface area (Å²) >= 11 is 0. The monoisotopic (exact) mass is 444 g/mol. The van der Waals surface area contributed by atoms with Crippen LogP contribution in [0.2, 0.25) is 0 Å². The van der Waals surface area contributed by atoms with Crippen LogP contribution in [0, 0.1) is 0 Å². The molecule has 1 aliphatic heterocycles. The maximum Gasteiger partial charge on any atom is 0.254 e. The molecule has 170 valence electrons. The molecule has 2 amide bonds. The number of hydrogen-bond donors (Lipinski definition) is 0. The van der Waals surface area contributed by atoms with Crippen LogP contribution >= 0.6 is 0 Å². The molecule has 0 fully saturated rings. The first-order chi connectivity index (χ1) is 16.0. The van der Waals surface area contributed by atoms with Gasteiger partial charge in [0.2, 0.25) is 5.91 Å². The van der Waals surface area contributed by atoms with Gasteiger partial charge < -0.3 is 19.3 Å². The summed E-state index contributed by atoms with van der Waals surface area (Å²) in [5.74, 6) is 0.555. The Morgan fingerprint density at radius 1 is 1.00 bits per heavy atom. The molecule has 0 aromatic heterocycles. The zero-order valence-electron chi connectivity index (χ0n) is 19.3. The highest BCUT2D eigenvalue weighted by Gasteiger charge is 2.44. The summed E-state index contributed by atoms with van der Waals surface area (Å²) in [6.45, 7) is 2.41. The number of carbonyl (C=O) groups excluding carboxylic acids is 2. The Hall–Kier alpha value is -3.80. The van der Waals surface area contributed by atoms with E-state index in [0.29, 0.717) is 23.6 Å². The van der Waals surface area contributed by atoms with E-state index in [1.54, 1.807) is 37.1 Å². The predicted octanol–water partition coefficient (Wildman–Crippen LogP) is 4.67. The quantitative estimate of drug-likeness (QED) is 0.555. The second-order valence-corrected chi connectivity index (χ2v) is 8.00. The first-order valence-electron chi connectivity index (χ1n) is 11.0. The van der Waals surface area contributed by atoms with Crippen LogP contribution in [0.3, 0.4) is 0 Å². The standard InChI is InChI=1S/C27H28N2O4/c1-5-33-23-13-9-8-12-22(23)28(2)27(31)24-20-10-6-7-11-21(20)26(30)29(3)25(24)18-14-16-19(32-4)17-15-18/h6-17,24-25H,5H2,1-4H3/t24-,25+/m0/s1. The molecule has 0 spiro atoms. The number of benzene rings is 3. The number of nitrogens with zero attached hydrogens (tertiary/aromatic N) is 2. The van der Waals surface area contributed by atoms with Gasteiger partial charge in [-0.15, -0.1) is 0 Å². The Morgan fingerprint density at radius 2 is 1.67 bits per heavy atom. The lowest BCUT2D eigenvalue weighted by atomic mass is 9.79. The molecule has 33 heavy (non-hydrogen) atoms. The normalized spacial score (nSPS) is 17.3. The van der Waals surface area contributed by atoms with Gasteiger partial charge in [-0.3, -0.25) is 9.59 Å². The van der Waals surface area contributed by atoms with Crippen molar-refractivity contribution < 1.29 is 19.1 Å². The van der Waals surface area contributed by atoms with Gasteiger partial charge in [0.25, 0.3) is 5.91 Å². The van der Waals surface area contributed by atoms with Crippen molar-refractivity contribution >= 4 is 17.5 Å². The van der Waals surface area contributed by atoms with E-state index in [4.69, 9.17) is 9.47 Å². The van der Waals surface area contributed by atoms with Crippen LogP contribution in [0.1, 0.15) is 40.4 Å². The molecule has 6 heteroatoms. The molecule has 0 saturated carbocycles. The zero-order chi connectivity index (χ0) is 23.5. The van der Waals surface area contributed by atoms with Crippen molar-refractivity contribution in [2.75, 3.05) is 32.7 Å². The van der Waals surface area contributed by atoms with Crippen molar-refractivity contribution in [3.8, 4) is 11.5 Å². The molecule has 0 saturated heterocycles. The highest BCUT2D eigenvalue weighted by molar-refractivity contribution is 6.05. The third-order valence-electron chi connectivity index (χ3n) is 6.16. The molecule has 6 nitrogen and oxygen atoms in total. The average molecular weight is 445 g/mol. The number of ether oxygens (including phenoxy) is 2. The minimum Gasteiger partial charge on any atom is -0.497 e. The molecule has 1 aliphatic rings. The third-order valence-corrected chi connectivity index (χ3v) is 6.16. The Bertz CT molecular complexity index is 1160. The second-order valence-electron chi connectivity index (χ2n) is 8.00. The number of anilines is 1. The summed E-state index contributed by atoms with van der Waals surface area (Å²) in [6, 6.07) is 21.9. The Kier molecular flexibility index (Phi) is 6.36. The van der Waals surface area contributed by atoms with Gasteiger partial charge in [-0.05, 0) is 48.4 Å². The highest BCUT2D eigenvalue weighted by Crippen LogP contribution is 2.44. The van der Waals surface area contributed by atoms with Gasteiger partial charge in [-0.2, -0.15) is 0 Å². The average Bonchev–Trinajstić information content (AvgIpc) is 2.86. The fourth-order valence-electron chi connectivity index (χ4n) is 4.50. The van der Waals surface area contributed by atoms with Crippen LogP contribution in [0.5, 0.6) is 11.5 Å². The van der Waals surface area contributed by atoms with Crippen LogP contribution < -0.4 is 14.4 Å². The van der Waals surface area contributed by atoms with Crippen molar-refractivity contribution in [3.63, 3.8) is 0 Å². The molecular formula is C27H28N2O4. The number of rotatable bonds is 6. The largest absolute Gasteiger partial charge is 0.497 e. The van der Waals surface area contributed by atoms with Crippen LogP contribution in [0.15, 0.2) is 72.8 Å². The number of methoxy groups -OCH3 is 1. The molecule has 0 unspecified atom stereocenters. The molecular weight excluding hydrogens is 416 g/mol. The van der Waals surface area contributed by atoms with Gasteiger partial charge in [0, 0.05) is 19.7 Å². The summed E-state index contributed by atoms with van der Waals surface area (Å²) in [6.07, 6.45) is 0. The van der Waals surface area contributed by atoms with Crippen molar-refractivity contribution in [3.05, 3.63) is 89.5 Å². The fourth-order valence-corrected chi connectivity index (χ4v) is 4.50.